The fraction of sp³-hybridized carbons (Fsp3) is 0.364. The number of hydrogen-bond donors (Lipinski definition) is 1. The quantitative estimate of drug-likeness (QED) is 0.481. The Bertz CT molecular complexity index is 445. The van der Waals surface area contributed by atoms with E-state index in [1.54, 1.807) is 13.0 Å². The second-order valence-corrected chi connectivity index (χ2v) is 3.61. The first kappa shape index (κ1) is 13.1. The highest BCUT2D eigenvalue weighted by Gasteiger charge is 2.23. The summed E-state index contributed by atoms with van der Waals surface area (Å²) in [5, 5.41) is 10.7. The van der Waals surface area contributed by atoms with Gasteiger partial charge >= 0.3 is 5.97 Å². The predicted octanol–water partition coefficient (Wildman–Crippen LogP) is 1.12. The Morgan fingerprint density at radius 2 is 2.24 bits per heavy atom. The van der Waals surface area contributed by atoms with Crippen molar-refractivity contribution in [2.75, 3.05) is 13.7 Å². The zero-order valence-corrected chi connectivity index (χ0v) is 9.67. The SMILES string of the molecule is COC(=O)C(CN)c1cc([N+](=O)[O-])ccc1C. The Kier molecular flexibility index (Phi) is 4.17. The molecule has 0 aliphatic rings. The minimum Gasteiger partial charge on any atom is -0.469 e. The van der Waals surface area contributed by atoms with Crippen molar-refractivity contribution < 1.29 is 14.5 Å². The molecule has 0 aromatic heterocycles. The van der Waals surface area contributed by atoms with Gasteiger partial charge in [0.25, 0.3) is 5.69 Å². The summed E-state index contributed by atoms with van der Waals surface area (Å²) in [4.78, 5) is 21.7. The summed E-state index contributed by atoms with van der Waals surface area (Å²) in [6.45, 7) is 1.82. The van der Waals surface area contributed by atoms with Gasteiger partial charge in [-0.2, -0.15) is 0 Å². The van der Waals surface area contributed by atoms with E-state index in [4.69, 9.17) is 5.73 Å². The second kappa shape index (κ2) is 5.40. The van der Waals surface area contributed by atoms with Crippen molar-refractivity contribution in [1.82, 2.24) is 0 Å². The van der Waals surface area contributed by atoms with Crippen molar-refractivity contribution in [1.29, 1.82) is 0 Å². The molecule has 0 heterocycles. The number of nitro benzene ring substituents is 1. The van der Waals surface area contributed by atoms with Crippen LogP contribution in [0.2, 0.25) is 0 Å². The van der Waals surface area contributed by atoms with E-state index >= 15 is 0 Å². The van der Waals surface area contributed by atoms with Crippen molar-refractivity contribution >= 4 is 11.7 Å². The van der Waals surface area contributed by atoms with Crippen molar-refractivity contribution in [2.45, 2.75) is 12.8 Å². The van der Waals surface area contributed by atoms with Gasteiger partial charge in [-0.3, -0.25) is 14.9 Å². The maximum Gasteiger partial charge on any atom is 0.314 e. The average molecular weight is 238 g/mol. The number of carbonyl (C=O) groups is 1. The van der Waals surface area contributed by atoms with Crippen LogP contribution in [0.25, 0.3) is 0 Å². The van der Waals surface area contributed by atoms with Gasteiger partial charge in [-0.15, -0.1) is 0 Å². The molecule has 0 fully saturated rings. The summed E-state index contributed by atoms with van der Waals surface area (Å²) in [5.41, 5.74) is 6.75. The van der Waals surface area contributed by atoms with E-state index < -0.39 is 16.8 Å². The summed E-state index contributed by atoms with van der Waals surface area (Å²) in [7, 11) is 1.26. The molecule has 1 aromatic rings. The lowest BCUT2D eigenvalue weighted by Crippen LogP contribution is -2.23. The summed E-state index contributed by atoms with van der Waals surface area (Å²) in [6, 6.07) is 4.35. The summed E-state index contributed by atoms with van der Waals surface area (Å²) < 4.78 is 4.62. The normalized spacial score (nSPS) is 11.9. The van der Waals surface area contributed by atoms with Crippen LogP contribution >= 0.6 is 0 Å². The van der Waals surface area contributed by atoms with E-state index in [2.05, 4.69) is 4.74 Å². The highest BCUT2D eigenvalue weighted by molar-refractivity contribution is 5.79. The minimum absolute atomic E-state index is 0.0503. The van der Waals surface area contributed by atoms with E-state index in [1.165, 1.54) is 19.2 Å². The number of esters is 1. The van der Waals surface area contributed by atoms with Crippen molar-refractivity contribution in [3.05, 3.63) is 39.4 Å². The highest BCUT2D eigenvalue weighted by atomic mass is 16.6. The molecule has 0 aliphatic heterocycles. The smallest absolute Gasteiger partial charge is 0.314 e. The number of ether oxygens (including phenoxy) is 1. The van der Waals surface area contributed by atoms with Gasteiger partial charge in [-0.1, -0.05) is 6.07 Å². The van der Waals surface area contributed by atoms with Crippen LogP contribution < -0.4 is 5.73 Å². The zero-order valence-electron chi connectivity index (χ0n) is 9.67. The van der Waals surface area contributed by atoms with Crippen molar-refractivity contribution in [3.63, 3.8) is 0 Å². The molecule has 92 valence electrons. The first-order valence-electron chi connectivity index (χ1n) is 5.04. The van der Waals surface area contributed by atoms with Crippen LogP contribution in [0.5, 0.6) is 0 Å². The summed E-state index contributed by atoms with van der Waals surface area (Å²) in [6.07, 6.45) is 0. The van der Waals surface area contributed by atoms with Gasteiger partial charge in [0.1, 0.15) is 0 Å². The molecule has 0 bridgehead atoms. The molecule has 2 N–H and O–H groups in total. The lowest BCUT2D eigenvalue weighted by atomic mass is 9.94. The van der Waals surface area contributed by atoms with Gasteiger partial charge in [0.15, 0.2) is 0 Å². The number of nitrogens with zero attached hydrogens (tertiary/aromatic N) is 1. The molecule has 1 aromatic carbocycles. The monoisotopic (exact) mass is 238 g/mol. The average Bonchev–Trinajstić information content (AvgIpc) is 2.31. The first-order valence-corrected chi connectivity index (χ1v) is 5.04. The molecule has 17 heavy (non-hydrogen) atoms. The maximum absolute atomic E-state index is 11.5. The lowest BCUT2D eigenvalue weighted by molar-refractivity contribution is -0.384. The van der Waals surface area contributed by atoms with Gasteiger partial charge in [0, 0.05) is 18.7 Å². The minimum atomic E-state index is -0.667. The number of aryl methyl sites for hydroxylation is 1. The highest BCUT2D eigenvalue weighted by Crippen LogP contribution is 2.25. The van der Waals surface area contributed by atoms with E-state index in [9.17, 15) is 14.9 Å². The molecule has 0 radical (unpaired) electrons. The Balaban J connectivity index is 3.22. The van der Waals surface area contributed by atoms with Crippen molar-refractivity contribution in [2.24, 2.45) is 5.73 Å². The fourth-order valence-electron chi connectivity index (χ4n) is 1.61. The number of benzene rings is 1. The van der Waals surface area contributed by atoms with E-state index in [-0.39, 0.29) is 12.2 Å². The number of non-ortho nitro benzene ring substituents is 1. The molecule has 0 saturated carbocycles. The molecule has 1 rings (SSSR count). The molecule has 6 nitrogen and oxygen atoms in total. The lowest BCUT2D eigenvalue weighted by Gasteiger charge is -2.14. The number of carbonyl (C=O) groups excluding carboxylic acids is 1. The number of methoxy groups -OCH3 is 1. The third kappa shape index (κ3) is 2.79. The van der Waals surface area contributed by atoms with Gasteiger partial charge in [-0.25, -0.2) is 0 Å². The number of nitrogens with two attached hydrogens (primary N) is 1. The van der Waals surface area contributed by atoms with Gasteiger partial charge in [-0.05, 0) is 18.1 Å². The first-order chi connectivity index (χ1) is 8.01. The predicted molar refractivity (Wildman–Crippen MR) is 61.6 cm³/mol. The number of nitro groups is 1. The Labute approximate surface area is 98.5 Å². The molecule has 1 unspecified atom stereocenters. The van der Waals surface area contributed by atoms with Crippen LogP contribution in [-0.2, 0) is 9.53 Å². The van der Waals surface area contributed by atoms with Crippen LogP contribution in [0.1, 0.15) is 17.0 Å². The molecule has 0 spiro atoms. The Hall–Kier alpha value is -1.95. The standard InChI is InChI=1S/C11H14N2O4/c1-7-3-4-8(13(15)16)5-9(7)10(6-12)11(14)17-2/h3-5,10H,6,12H2,1-2H3. The molecule has 1 atom stereocenters. The maximum atomic E-state index is 11.5. The molecule has 6 heteroatoms. The van der Waals surface area contributed by atoms with E-state index in [0.717, 1.165) is 5.56 Å². The molecule has 0 saturated heterocycles. The van der Waals surface area contributed by atoms with E-state index in [1.807, 2.05) is 0 Å². The number of hydrogen-bond acceptors (Lipinski definition) is 5. The zero-order chi connectivity index (χ0) is 13.0. The third-order valence-corrected chi connectivity index (χ3v) is 2.57. The van der Waals surface area contributed by atoms with E-state index in [0.29, 0.717) is 5.56 Å². The number of rotatable bonds is 4. The summed E-state index contributed by atoms with van der Waals surface area (Å²) >= 11 is 0. The largest absolute Gasteiger partial charge is 0.469 e. The van der Waals surface area contributed by atoms with Gasteiger partial charge < -0.3 is 10.5 Å². The van der Waals surface area contributed by atoms with Crippen LogP contribution in [0.15, 0.2) is 18.2 Å². The second-order valence-electron chi connectivity index (χ2n) is 3.61. The third-order valence-electron chi connectivity index (χ3n) is 2.57. The Morgan fingerprint density at radius 3 is 2.71 bits per heavy atom. The van der Waals surface area contributed by atoms with Crippen LogP contribution in [0.4, 0.5) is 5.69 Å². The van der Waals surface area contributed by atoms with Crippen LogP contribution in [-0.4, -0.2) is 24.5 Å². The molecular formula is C11H14N2O4. The van der Waals surface area contributed by atoms with Crippen LogP contribution in [0, 0.1) is 17.0 Å². The van der Waals surface area contributed by atoms with Crippen molar-refractivity contribution in [3.8, 4) is 0 Å². The molecule has 0 aliphatic carbocycles. The van der Waals surface area contributed by atoms with Gasteiger partial charge in [0.05, 0.1) is 18.0 Å². The molecular weight excluding hydrogens is 224 g/mol. The van der Waals surface area contributed by atoms with Gasteiger partial charge in [0.2, 0.25) is 0 Å². The molecule has 0 amide bonds. The summed E-state index contributed by atoms with van der Waals surface area (Å²) in [5.74, 6) is -1.16. The Morgan fingerprint density at radius 1 is 1.59 bits per heavy atom. The van der Waals surface area contributed by atoms with Crippen LogP contribution in [0.3, 0.4) is 0 Å². The fourth-order valence-corrected chi connectivity index (χ4v) is 1.61. The topological polar surface area (TPSA) is 95.5 Å².